The average molecular weight is 364 g/mol. The van der Waals surface area contributed by atoms with Crippen LogP contribution in [0, 0.1) is 4.91 Å². The third-order valence-corrected chi connectivity index (χ3v) is 4.08. The van der Waals surface area contributed by atoms with Gasteiger partial charge in [0.25, 0.3) is 5.91 Å². The molecule has 1 saturated heterocycles. The Morgan fingerprint density at radius 3 is 2.52 bits per heavy atom. The number of carbonyl (C=O) groups is 3. The van der Waals surface area contributed by atoms with E-state index in [0.29, 0.717) is 23.5 Å². The van der Waals surface area contributed by atoms with Crippen molar-refractivity contribution in [2.24, 2.45) is 5.18 Å². The zero-order valence-corrected chi connectivity index (χ0v) is 14.5. The Bertz CT molecular complexity index is 947. The number of Topliss-reactive ketones (excluding diaryl/α,β-unsaturated/α-hetero) is 1. The van der Waals surface area contributed by atoms with E-state index in [2.05, 4.69) is 10.5 Å². The maximum atomic E-state index is 12.8. The summed E-state index contributed by atoms with van der Waals surface area (Å²) in [7, 11) is 0. The van der Waals surface area contributed by atoms with E-state index in [1.807, 2.05) is 6.92 Å². The van der Waals surface area contributed by atoms with Gasteiger partial charge >= 0.3 is 0 Å². The van der Waals surface area contributed by atoms with Gasteiger partial charge in [-0.25, -0.2) is 0 Å². The van der Waals surface area contributed by atoms with Gasteiger partial charge in [-0.1, -0.05) is 24.3 Å². The molecule has 0 saturated carbocycles. The maximum Gasteiger partial charge on any atom is 0.261 e. The first kappa shape index (κ1) is 18.2. The summed E-state index contributed by atoms with van der Waals surface area (Å²) in [6, 6.07) is 12.7. The smallest absolute Gasteiger partial charge is 0.261 e. The minimum Gasteiger partial charge on any atom is -0.494 e. The maximum absolute atomic E-state index is 12.8. The van der Waals surface area contributed by atoms with Gasteiger partial charge in [0.15, 0.2) is 5.78 Å². The summed E-state index contributed by atoms with van der Waals surface area (Å²) in [6.07, 6.45) is 1.35. The number of ketones is 1. The minimum atomic E-state index is -1.13. The summed E-state index contributed by atoms with van der Waals surface area (Å²) in [4.78, 5) is 47.9. The summed E-state index contributed by atoms with van der Waals surface area (Å²) in [5.74, 6) is -2.55. The van der Waals surface area contributed by atoms with Crippen LogP contribution in [-0.4, -0.2) is 24.2 Å². The number of amides is 2. The summed E-state index contributed by atoms with van der Waals surface area (Å²) in [5, 5.41) is 5.04. The summed E-state index contributed by atoms with van der Waals surface area (Å²) in [6.45, 7) is 2.35. The summed E-state index contributed by atoms with van der Waals surface area (Å²) in [5.41, 5.74) is 0.941. The number of nitrogens with zero attached hydrogens (tertiary/aromatic N) is 1. The van der Waals surface area contributed by atoms with Gasteiger partial charge in [-0.3, -0.25) is 19.7 Å². The van der Waals surface area contributed by atoms with E-state index >= 15 is 0 Å². The van der Waals surface area contributed by atoms with Crippen LogP contribution in [0.1, 0.15) is 24.0 Å². The summed E-state index contributed by atoms with van der Waals surface area (Å²) >= 11 is 0. The number of hydrogen-bond donors (Lipinski definition) is 1. The predicted octanol–water partition coefficient (Wildman–Crippen LogP) is 2.88. The molecule has 1 fully saturated rings. The standard InChI is InChI=1S/C20H16N2O5/c1-2-27-15-8-6-13(7-9-15)17-18(23)16(19(24)21-20(17)25)11-12-4-3-5-14(10-12)22-26/h3-11,17H,2H2,1H3,(H,21,24,25)/b16-11-. The molecular formula is C20H16N2O5. The van der Waals surface area contributed by atoms with Crippen molar-refractivity contribution in [3.05, 3.63) is 70.1 Å². The quantitative estimate of drug-likeness (QED) is 0.289. The molecule has 2 aromatic carbocycles. The lowest BCUT2D eigenvalue weighted by Crippen LogP contribution is -2.46. The molecule has 0 aliphatic carbocycles. The van der Waals surface area contributed by atoms with Crippen molar-refractivity contribution in [1.29, 1.82) is 0 Å². The molecule has 1 N–H and O–H groups in total. The number of nitroso groups, excluding NO2 is 1. The second-order valence-corrected chi connectivity index (χ2v) is 5.86. The van der Waals surface area contributed by atoms with Crippen molar-refractivity contribution < 1.29 is 19.1 Å². The Labute approximate surface area is 155 Å². The molecule has 1 heterocycles. The van der Waals surface area contributed by atoms with E-state index in [1.54, 1.807) is 36.4 Å². The van der Waals surface area contributed by atoms with E-state index in [1.165, 1.54) is 18.2 Å². The molecule has 2 aromatic rings. The number of rotatable bonds is 5. The fraction of sp³-hybridized carbons (Fsp3) is 0.150. The second-order valence-electron chi connectivity index (χ2n) is 5.86. The van der Waals surface area contributed by atoms with Crippen LogP contribution in [0.5, 0.6) is 5.75 Å². The Kier molecular flexibility index (Phi) is 5.21. The fourth-order valence-corrected chi connectivity index (χ4v) is 2.84. The number of nitrogens with one attached hydrogen (secondary N) is 1. The highest BCUT2D eigenvalue weighted by Crippen LogP contribution is 2.28. The van der Waals surface area contributed by atoms with E-state index < -0.39 is 23.5 Å². The van der Waals surface area contributed by atoms with Crippen LogP contribution in [0.4, 0.5) is 5.69 Å². The van der Waals surface area contributed by atoms with Crippen molar-refractivity contribution in [3.8, 4) is 5.75 Å². The molecule has 1 unspecified atom stereocenters. The van der Waals surface area contributed by atoms with Gasteiger partial charge < -0.3 is 4.74 Å². The highest BCUT2D eigenvalue weighted by Gasteiger charge is 2.39. The Morgan fingerprint density at radius 2 is 1.85 bits per heavy atom. The molecule has 27 heavy (non-hydrogen) atoms. The van der Waals surface area contributed by atoms with Crippen LogP contribution < -0.4 is 10.1 Å². The molecule has 1 aliphatic rings. The first-order chi connectivity index (χ1) is 13.0. The van der Waals surface area contributed by atoms with Gasteiger partial charge in [-0.2, -0.15) is 0 Å². The first-order valence-corrected chi connectivity index (χ1v) is 8.30. The first-order valence-electron chi connectivity index (χ1n) is 8.30. The number of imide groups is 1. The molecule has 0 spiro atoms. The Balaban J connectivity index is 1.95. The van der Waals surface area contributed by atoms with Crippen LogP contribution in [0.2, 0.25) is 0 Å². The molecular weight excluding hydrogens is 348 g/mol. The Hall–Kier alpha value is -3.61. The largest absolute Gasteiger partial charge is 0.494 e. The molecule has 2 amide bonds. The average Bonchev–Trinajstić information content (AvgIpc) is 2.67. The number of piperidine rings is 1. The van der Waals surface area contributed by atoms with E-state index in [-0.39, 0.29) is 11.3 Å². The van der Waals surface area contributed by atoms with Crippen molar-refractivity contribution in [3.63, 3.8) is 0 Å². The van der Waals surface area contributed by atoms with Crippen molar-refractivity contribution in [1.82, 2.24) is 5.32 Å². The SMILES string of the molecule is CCOc1ccc(C2C(=O)NC(=O)/C(=C\c3cccc(N=O)c3)C2=O)cc1. The number of carbonyl (C=O) groups excluding carboxylic acids is 3. The van der Waals surface area contributed by atoms with Crippen molar-refractivity contribution >= 4 is 29.4 Å². The van der Waals surface area contributed by atoms with Gasteiger partial charge in [0.2, 0.25) is 5.91 Å². The van der Waals surface area contributed by atoms with Crippen LogP contribution in [0.3, 0.4) is 0 Å². The molecule has 0 aromatic heterocycles. The van der Waals surface area contributed by atoms with Crippen LogP contribution in [0.25, 0.3) is 6.08 Å². The normalized spacial score (nSPS) is 18.3. The molecule has 1 aliphatic heterocycles. The van der Waals surface area contributed by atoms with Crippen molar-refractivity contribution in [2.45, 2.75) is 12.8 Å². The lowest BCUT2D eigenvalue weighted by molar-refractivity contribution is -0.136. The fourth-order valence-electron chi connectivity index (χ4n) is 2.84. The van der Waals surface area contributed by atoms with Gasteiger partial charge in [0, 0.05) is 0 Å². The van der Waals surface area contributed by atoms with E-state index in [9.17, 15) is 19.3 Å². The summed E-state index contributed by atoms with van der Waals surface area (Å²) < 4.78 is 5.36. The predicted molar refractivity (Wildman–Crippen MR) is 98.4 cm³/mol. The molecule has 0 bridgehead atoms. The van der Waals surface area contributed by atoms with Crippen LogP contribution in [-0.2, 0) is 14.4 Å². The number of benzene rings is 2. The number of ether oxygens (including phenoxy) is 1. The molecule has 0 radical (unpaired) electrons. The highest BCUT2D eigenvalue weighted by atomic mass is 16.5. The zero-order chi connectivity index (χ0) is 19.4. The minimum absolute atomic E-state index is 0.156. The molecule has 7 heteroatoms. The Morgan fingerprint density at radius 1 is 1.11 bits per heavy atom. The molecule has 1 atom stereocenters. The van der Waals surface area contributed by atoms with Crippen LogP contribution >= 0.6 is 0 Å². The third-order valence-electron chi connectivity index (χ3n) is 4.08. The lowest BCUT2D eigenvalue weighted by atomic mass is 9.85. The van der Waals surface area contributed by atoms with E-state index in [4.69, 9.17) is 4.74 Å². The molecule has 136 valence electrons. The third kappa shape index (κ3) is 3.82. The van der Waals surface area contributed by atoms with Crippen molar-refractivity contribution in [2.75, 3.05) is 6.61 Å². The van der Waals surface area contributed by atoms with Gasteiger partial charge in [0.05, 0.1) is 12.2 Å². The topological polar surface area (TPSA) is 102 Å². The number of hydrogen-bond acceptors (Lipinski definition) is 6. The molecule has 7 nitrogen and oxygen atoms in total. The van der Waals surface area contributed by atoms with E-state index in [0.717, 1.165) is 0 Å². The zero-order valence-electron chi connectivity index (χ0n) is 14.5. The lowest BCUT2D eigenvalue weighted by Gasteiger charge is -2.22. The molecule has 3 rings (SSSR count). The second kappa shape index (κ2) is 7.74. The highest BCUT2D eigenvalue weighted by molar-refractivity contribution is 6.36. The monoisotopic (exact) mass is 364 g/mol. The van der Waals surface area contributed by atoms with Gasteiger partial charge in [-0.15, -0.1) is 4.91 Å². The van der Waals surface area contributed by atoms with Gasteiger partial charge in [-0.05, 0) is 53.6 Å². The van der Waals surface area contributed by atoms with Crippen LogP contribution in [0.15, 0.2) is 59.3 Å². The van der Waals surface area contributed by atoms with Gasteiger partial charge in [0.1, 0.15) is 17.4 Å².